The maximum absolute atomic E-state index is 13.1. The molecule has 5 atom stereocenters. The number of fused-ring (bicyclic) bond motifs is 3. The molecule has 1 aromatic carbocycles. The van der Waals surface area contributed by atoms with Gasteiger partial charge in [-0.25, -0.2) is 0 Å². The summed E-state index contributed by atoms with van der Waals surface area (Å²) >= 11 is 0. The van der Waals surface area contributed by atoms with E-state index in [9.17, 15) is 9.59 Å². The quantitative estimate of drug-likeness (QED) is 0.776. The van der Waals surface area contributed by atoms with Crippen molar-refractivity contribution in [3.63, 3.8) is 0 Å². The smallest absolute Gasteiger partial charge is 0.166 e. The summed E-state index contributed by atoms with van der Waals surface area (Å²) in [5.74, 6) is 0.0110. The van der Waals surface area contributed by atoms with Crippen molar-refractivity contribution >= 4 is 11.6 Å². The lowest BCUT2D eigenvalue weighted by atomic mass is 9.54. The van der Waals surface area contributed by atoms with Gasteiger partial charge in [-0.2, -0.15) is 0 Å². The van der Waals surface area contributed by atoms with Crippen LogP contribution in [0, 0.1) is 17.3 Å². The number of hydrogen-bond donors (Lipinski definition) is 0. The number of carbonyl (C=O) groups excluding carboxylic acids is 2. The van der Waals surface area contributed by atoms with E-state index in [-0.39, 0.29) is 35.9 Å². The first-order chi connectivity index (χ1) is 12.0. The normalized spacial score (nSPS) is 37.9. The van der Waals surface area contributed by atoms with Crippen molar-refractivity contribution in [1.82, 2.24) is 0 Å². The lowest BCUT2D eigenvalue weighted by Crippen LogP contribution is -2.56. The third-order valence-corrected chi connectivity index (χ3v) is 6.36. The molecule has 0 unspecified atom stereocenters. The van der Waals surface area contributed by atoms with Gasteiger partial charge >= 0.3 is 0 Å². The Morgan fingerprint density at radius 2 is 1.96 bits per heavy atom. The van der Waals surface area contributed by atoms with E-state index >= 15 is 0 Å². The summed E-state index contributed by atoms with van der Waals surface area (Å²) in [6.45, 7) is 2.50. The summed E-state index contributed by atoms with van der Waals surface area (Å²) in [4.78, 5) is 25.9. The molecule has 0 aromatic heterocycles. The molecule has 0 N–H and O–H groups in total. The second kappa shape index (κ2) is 6.19. The second-order valence-corrected chi connectivity index (χ2v) is 7.68. The largest absolute Gasteiger partial charge is 0.373 e. The van der Waals surface area contributed by atoms with Gasteiger partial charge in [-0.1, -0.05) is 43.3 Å². The number of ketones is 2. The average molecular weight is 340 g/mol. The zero-order valence-electron chi connectivity index (χ0n) is 14.7. The minimum Gasteiger partial charge on any atom is -0.373 e. The zero-order chi connectivity index (χ0) is 17.6. The Bertz CT molecular complexity index is 723. The lowest BCUT2D eigenvalue weighted by Gasteiger charge is -2.50. The Labute approximate surface area is 148 Å². The third-order valence-electron chi connectivity index (χ3n) is 6.36. The first-order valence-electron chi connectivity index (χ1n) is 9.00. The molecule has 1 saturated carbocycles. The molecule has 0 amide bonds. The number of ether oxygens (including phenoxy) is 2. The third kappa shape index (κ3) is 2.59. The number of benzene rings is 1. The highest BCUT2D eigenvalue weighted by Gasteiger charge is 2.57. The van der Waals surface area contributed by atoms with Crippen LogP contribution in [0.2, 0.25) is 0 Å². The molecule has 0 radical (unpaired) electrons. The van der Waals surface area contributed by atoms with Crippen molar-refractivity contribution in [2.24, 2.45) is 17.3 Å². The highest BCUT2D eigenvalue weighted by atomic mass is 16.5. The number of hydrogen-bond acceptors (Lipinski definition) is 4. The Morgan fingerprint density at radius 3 is 2.68 bits per heavy atom. The van der Waals surface area contributed by atoms with Gasteiger partial charge in [0.2, 0.25) is 0 Å². The predicted molar refractivity (Wildman–Crippen MR) is 93.0 cm³/mol. The molecule has 1 saturated heterocycles. The molecule has 4 heteroatoms. The molecule has 4 rings (SSSR count). The highest BCUT2D eigenvalue weighted by Crippen LogP contribution is 2.53. The number of rotatable bonds is 2. The van der Waals surface area contributed by atoms with Crippen molar-refractivity contribution in [2.45, 2.75) is 38.4 Å². The van der Waals surface area contributed by atoms with Gasteiger partial charge in [0.15, 0.2) is 5.78 Å². The second-order valence-electron chi connectivity index (χ2n) is 7.68. The van der Waals surface area contributed by atoms with Crippen molar-refractivity contribution < 1.29 is 19.1 Å². The minimum absolute atomic E-state index is 0.0310. The zero-order valence-corrected chi connectivity index (χ0v) is 14.7. The van der Waals surface area contributed by atoms with Crippen LogP contribution in [0.5, 0.6) is 0 Å². The SMILES string of the molecule is CO[C@H]1CC(=O)[C@]2(C)CC=C3CO[C@H](c4ccccc4)C[C@@H]3[C@H]2C1=O. The van der Waals surface area contributed by atoms with E-state index in [2.05, 4.69) is 18.2 Å². The molecule has 2 aliphatic carbocycles. The number of Topliss-reactive ketones (excluding diaryl/α,β-unsaturated/α-hetero) is 2. The molecule has 1 heterocycles. The Balaban J connectivity index is 1.69. The van der Waals surface area contributed by atoms with Crippen LogP contribution in [0.25, 0.3) is 0 Å². The minimum atomic E-state index is -0.598. The Hall–Kier alpha value is -1.78. The van der Waals surface area contributed by atoms with Gasteiger partial charge in [-0.05, 0) is 29.9 Å². The fourth-order valence-electron chi connectivity index (χ4n) is 4.83. The van der Waals surface area contributed by atoms with Crippen LogP contribution in [0.3, 0.4) is 0 Å². The molecule has 1 aromatic rings. The molecular formula is C21H24O4. The van der Waals surface area contributed by atoms with Crippen LogP contribution >= 0.6 is 0 Å². The molecule has 1 aliphatic heterocycles. The summed E-state index contributed by atoms with van der Waals surface area (Å²) in [6.07, 6.45) is 3.09. The van der Waals surface area contributed by atoms with Gasteiger partial charge in [0.05, 0.1) is 12.7 Å². The average Bonchev–Trinajstić information content (AvgIpc) is 2.64. The topological polar surface area (TPSA) is 52.6 Å². The summed E-state index contributed by atoms with van der Waals surface area (Å²) < 4.78 is 11.4. The fraction of sp³-hybridized carbons (Fsp3) is 0.524. The van der Waals surface area contributed by atoms with Crippen LogP contribution in [-0.4, -0.2) is 31.4 Å². The van der Waals surface area contributed by atoms with Crippen LogP contribution in [-0.2, 0) is 19.1 Å². The van der Waals surface area contributed by atoms with E-state index in [1.165, 1.54) is 12.7 Å². The summed E-state index contributed by atoms with van der Waals surface area (Å²) in [5, 5.41) is 0. The fourth-order valence-corrected chi connectivity index (χ4v) is 4.83. The van der Waals surface area contributed by atoms with Gasteiger partial charge in [0.1, 0.15) is 11.9 Å². The Morgan fingerprint density at radius 1 is 1.20 bits per heavy atom. The van der Waals surface area contributed by atoms with Gasteiger partial charge < -0.3 is 9.47 Å². The van der Waals surface area contributed by atoms with Gasteiger partial charge in [-0.15, -0.1) is 0 Å². The summed E-state index contributed by atoms with van der Waals surface area (Å²) in [6, 6.07) is 10.1. The van der Waals surface area contributed by atoms with Crippen LogP contribution in [0.1, 0.15) is 37.9 Å². The molecule has 4 nitrogen and oxygen atoms in total. The molecule has 2 fully saturated rings. The van der Waals surface area contributed by atoms with Crippen LogP contribution < -0.4 is 0 Å². The highest BCUT2D eigenvalue weighted by molar-refractivity contribution is 6.02. The molecular weight excluding hydrogens is 316 g/mol. The van der Waals surface area contributed by atoms with Crippen molar-refractivity contribution in [1.29, 1.82) is 0 Å². The standard InChI is InChI=1S/C21H24O4/c1-21-9-8-14-12-25-16(13-6-4-3-5-7-13)10-15(14)19(21)20(23)17(24-2)11-18(21)22/h3-8,15-17,19H,9-12H2,1-2H3/t15-,16-,17-,19-,21-/m0/s1. The molecule has 0 spiro atoms. The monoisotopic (exact) mass is 340 g/mol. The first-order valence-corrected chi connectivity index (χ1v) is 9.00. The lowest BCUT2D eigenvalue weighted by molar-refractivity contribution is -0.160. The first kappa shape index (κ1) is 16.7. The van der Waals surface area contributed by atoms with E-state index in [1.54, 1.807) is 0 Å². The van der Waals surface area contributed by atoms with Crippen LogP contribution in [0.4, 0.5) is 0 Å². The maximum atomic E-state index is 13.1. The predicted octanol–water partition coefficient (Wildman–Crippen LogP) is 3.27. The maximum Gasteiger partial charge on any atom is 0.166 e. The number of methoxy groups -OCH3 is 1. The molecule has 25 heavy (non-hydrogen) atoms. The number of allylic oxidation sites excluding steroid dienone is 1. The molecule has 132 valence electrons. The number of carbonyl (C=O) groups is 2. The summed E-state index contributed by atoms with van der Waals surface area (Å²) in [7, 11) is 1.52. The van der Waals surface area contributed by atoms with Crippen molar-refractivity contribution in [3.05, 3.63) is 47.5 Å². The van der Waals surface area contributed by atoms with E-state index in [0.29, 0.717) is 13.0 Å². The van der Waals surface area contributed by atoms with Gasteiger partial charge in [0, 0.05) is 24.9 Å². The molecule has 3 aliphatic rings. The van der Waals surface area contributed by atoms with E-state index in [1.807, 2.05) is 25.1 Å². The van der Waals surface area contributed by atoms with Crippen LogP contribution in [0.15, 0.2) is 42.0 Å². The van der Waals surface area contributed by atoms with E-state index in [4.69, 9.17) is 9.47 Å². The summed E-state index contributed by atoms with van der Waals surface area (Å²) in [5.41, 5.74) is 1.71. The molecule has 0 bridgehead atoms. The van der Waals surface area contributed by atoms with E-state index in [0.717, 1.165) is 12.0 Å². The van der Waals surface area contributed by atoms with Crippen molar-refractivity contribution in [2.75, 3.05) is 13.7 Å². The van der Waals surface area contributed by atoms with Gasteiger partial charge in [-0.3, -0.25) is 9.59 Å². The van der Waals surface area contributed by atoms with E-state index < -0.39 is 11.5 Å². The van der Waals surface area contributed by atoms with Crippen molar-refractivity contribution in [3.8, 4) is 0 Å². The van der Waals surface area contributed by atoms with Gasteiger partial charge in [0.25, 0.3) is 0 Å². The Kier molecular flexibility index (Phi) is 4.13.